The summed E-state index contributed by atoms with van der Waals surface area (Å²) in [6.45, 7) is 8.02. The molecule has 216 valence electrons. The van der Waals surface area contributed by atoms with Crippen LogP contribution in [-0.2, 0) is 17.8 Å². The van der Waals surface area contributed by atoms with Crippen LogP contribution in [0.2, 0.25) is 0 Å². The number of carbonyl (C=O) groups excluding carboxylic acids is 2. The Morgan fingerprint density at radius 3 is 2.33 bits per heavy atom. The van der Waals surface area contributed by atoms with Gasteiger partial charge in [0, 0.05) is 18.7 Å². The topological polar surface area (TPSA) is 81.5 Å². The number of nitrogens with zero attached hydrogens (tertiary/aromatic N) is 2. The first kappa shape index (κ1) is 30.6. The number of ether oxygens (including phenoxy) is 3. The first-order chi connectivity index (χ1) is 19.3. The van der Waals surface area contributed by atoms with Gasteiger partial charge < -0.3 is 28.4 Å². The second-order valence-corrected chi connectivity index (χ2v) is 10.1. The summed E-state index contributed by atoms with van der Waals surface area (Å²) in [5.74, 6) is 2.57. The molecule has 40 heavy (non-hydrogen) atoms. The van der Waals surface area contributed by atoms with E-state index in [1.807, 2.05) is 50.2 Å². The predicted molar refractivity (Wildman–Crippen MR) is 155 cm³/mol. The van der Waals surface area contributed by atoms with Gasteiger partial charge >= 0.3 is 0 Å². The first-order valence-electron chi connectivity index (χ1n) is 13.9. The second kappa shape index (κ2) is 15.6. The Morgan fingerprint density at radius 2 is 1.70 bits per heavy atom. The molecule has 0 N–H and O–H groups in total. The fourth-order valence-electron chi connectivity index (χ4n) is 4.32. The van der Waals surface area contributed by atoms with Gasteiger partial charge in [-0.05, 0) is 72.9 Å². The van der Waals surface area contributed by atoms with E-state index in [0.717, 1.165) is 24.2 Å². The Labute approximate surface area is 237 Å². The Balaban J connectivity index is 1.74. The number of rotatable bonds is 16. The van der Waals surface area contributed by atoms with Crippen molar-refractivity contribution in [2.45, 2.75) is 46.6 Å². The highest BCUT2D eigenvalue weighted by molar-refractivity contribution is 5.96. The number of amides is 2. The minimum absolute atomic E-state index is 0.0294. The lowest BCUT2D eigenvalue weighted by atomic mass is 10.1. The van der Waals surface area contributed by atoms with Gasteiger partial charge in [0.15, 0.2) is 11.5 Å². The highest BCUT2D eigenvalue weighted by Gasteiger charge is 2.24. The van der Waals surface area contributed by atoms with Gasteiger partial charge in [-0.1, -0.05) is 33.3 Å². The fourth-order valence-corrected chi connectivity index (χ4v) is 4.32. The van der Waals surface area contributed by atoms with Gasteiger partial charge in [-0.2, -0.15) is 0 Å². The van der Waals surface area contributed by atoms with E-state index < -0.39 is 0 Å². The van der Waals surface area contributed by atoms with Crippen LogP contribution in [0.25, 0.3) is 0 Å². The number of benzene rings is 2. The molecule has 0 saturated carbocycles. The molecule has 2 aromatic carbocycles. The Bertz CT molecular complexity index is 1190. The molecule has 3 aromatic rings. The maximum atomic E-state index is 13.7. The van der Waals surface area contributed by atoms with E-state index in [-0.39, 0.29) is 24.3 Å². The van der Waals surface area contributed by atoms with Crippen molar-refractivity contribution in [3.8, 4) is 17.2 Å². The molecular weight excluding hydrogens is 508 g/mol. The summed E-state index contributed by atoms with van der Waals surface area (Å²) < 4.78 is 22.1. The molecule has 0 atom stereocenters. The van der Waals surface area contributed by atoms with Gasteiger partial charge in [-0.25, -0.2) is 0 Å². The molecule has 0 saturated heterocycles. The zero-order chi connectivity index (χ0) is 28.9. The molecule has 0 radical (unpaired) electrons. The summed E-state index contributed by atoms with van der Waals surface area (Å²) in [7, 11) is 3.20. The molecule has 1 aromatic heterocycles. The lowest BCUT2D eigenvalue weighted by Gasteiger charge is -2.28. The number of carbonyl (C=O) groups is 2. The van der Waals surface area contributed by atoms with E-state index in [1.165, 1.54) is 0 Å². The molecule has 0 aliphatic heterocycles. The van der Waals surface area contributed by atoms with Crippen molar-refractivity contribution in [1.82, 2.24) is 9.80 Å². The maximum Gasteiger partial charge on any atom is 0.254 e. The zero-order valence-electron chi connectivity index (χ0n) is 24.4. The molecule has 0 aliphatic rings. The normalized spacial score (nSPS) is 10.8. The standard InChI is InChI=1S/C32H42N2O6/c1-6-7-18-39-27-13-11-26(12-14-27)32(36)34(21-24(2)3)23-31(35)33(22-28-9-8-19-40-28)17-16-25-10-15-29(37-4)30(20-25)38-5/h8-15,19-20,24H,6-7,16-18,21-23H2,1-5H3. The van der Waals surface area contributed by atoms with Crippen molar-refractivity contribution in [3.05, 3.63) is 77.7 Å². The van der Waals surface area contributed by atoms with Crippen molar-refractivity contribution < 1.29 is 28.2 Å². The number of methoxy groups -OCH3 is 2. The van der Waals surface area contributed by atoms with Crippen LogP contribution in [0.4, 0.5) is 0 Å². The minimum atomic E-state index is -0.181. The van der Waals surface area contributed by atoms with Crippen molar-refractivity contribution in [2.24, 2.45) is 5.92 Å². The molecular formula is C32H42N2O6. The van der Waals surface area contributed by atoms with E-state index >= 15 is 0 Å². The van der Waals surface area contributed by atoms with E-state index in [9.17, 15) is 9.59 Å². The van der Waals surface area contributed by atoms with Crippen LogP contribution in [-0.4, -0.2) is 62.1 Å². The van der Waals surface area contributed by atoms with E-state index in [2.05, 4.69) is 6.92 Å². The number of hydrogen-bond acceptors (Lipinski definition) is 6. The van der Waals surface area contributed by atoms with Gasteiger partial charge in [0.05, 0.1) is 33.6 Å². The smallest absolute Gasteiger partial charge is 0.254 e. The predicted octanol–water partition coefficient (Wildman–Crippen LogP) is 5.85. The lowest BCUT2D eigenvalue weighted by molar-refractivity contribution is -0.132. The van der Waals surface area contributed by atoms with Crippen LogP contribution >= 0.6 is 0 Å². The van der Waals surface area contributed by atoms with Crippen LogP contribution in [0, 0.1) is 5.92 Å². The molecule has 8 nitrogen and oxygen atoms in total. The van der Waals surface area contributed by atoms with E-state index in [1.54, 1.807) is 48.5 Å². The third-order valence-electron chi connectivity index (χ3n) is 6.46. The monoisotopic (exact) mass is 550 g/mol. The number of hydrogen-bond donors (Lipinski definition) is 0. The van der Waals surface area contributed by atoms with Crippen LogP contribution in [0.5, 0.6) is 17.2 Å². The second-order valence-electron chi connectivity index (χ2n) is 10.1. The number of furan rings is 1. The largest absolute Gasteiger partial charge is 0.494 e. The molecule has 0 bridgehead atoms. The van der Waals surface area contributed by atoms with Crippen molar-refractivity contribution in [1.29, 1.82) is 0 Å². The number of unbranched alkanes of at least 4 members (excludes halogenated alkanes) is 1. The quantitative estimate of drug-likeness (QED) is 0.208. The van der Waals surface area contributed by atoms with Crippen molar-refractivity contribution >= 4 is 11.8 Å². The van der Waals surface area contributed by atoms with Gasteiger partial charge in [0.2, 0.25) is 5.91 Å². The molecule has 1 heterocycles. The molecule has 0 fully saturated rings. The summed E-state index contributed by atoms with van der Waals surface area (Å²) in [5, 5.41) is 0. The summed E-state index contributed by atoms with van der Waals surface area (Å²) in [6.07, 6.45) is 4.23. The Kier molecular flexibility index (Phi) is 11.9. The molecule has 3 rings (SSSR count). The molecule has 0 aliphatic carbocycles. The lowest BCUT2D eigenvalue weighted by Crippen LogP contribution is -2.44. The van der Waals surface area contributed by atoms with Crippen LogP contribution in [0.15, 0.2) is 65.3 Å². The SMILES string of the molecule is CCCCOc1ccc(C(=O)N(CC(=O)N(CCc2ccc(OC)c(OC)c2)Cc2ccco2)CC(C)C)cc1. The average Bonchev–Trinajstić information content (AvgIpc) is 3.48. The zero-order valence-corrected chi connectivity index (χ0v) is 24.4. The molecule has 0 unspecified atom stereocenters. The summed E-state index contributed by atoms with van der Waals surface area (Å²) in [5.41, 5.74) is 1.53. The molecule has 0 spiro atoms. The minimum Gasteiger partial charge on any atom is -0.494 e. The summed E-state index contributed by atoms with van der Waals surface area (Å²) in [6, 6.07) is 16.5. The van der Waals surface area contributed by atoms with Gasteiger partial charge in [-0.15, -0.1) is 0 Å². The first-order valence-corrected chi connectivity index (χ1v) is 13.9. The highest BCUT2D eigenvalue weighted by atomic mass is 16.5. The van der Waals surface area contributed by atoms with Crippen LogP contribution in [0.1, 0.15) is 55.3 Å². The van der Waals surface area contributed by atoms with Crippen LogP contribution in [0.3, 0.4) is 0 Å². The average molecular weight is 551 g/mol. The summed E-state index contributed by atoms with van der Waals surface area (Å²) >= 11 is 0. The van der Waals surface area contributed by atoms with Crippen molar-refractivity contribution in [3.63, 3.8) is 0 Å². The Morgan fingerprint density at radius 1 is 0.950 bits per heavy atom. The third-order valence-corrected chi connectivity index (χ3v) is 6.46. The van der Waals surface area contributed by atoms with Gasteiger partial charge in [-0.3, -0.25) is 9.59 Å². The van der Waals surface area contributed by atoms with Gasteiger partial charge in [0.25, 0.3) is 5.91 Å². The van der Waals surface area contributed by atoms with Crippen molar-refractivity contribution in [2.75, 3.05) is 40.5 Å². The molecule has 8 heteroatoms. The third kappa shape index (κ3) is 9.07. The van der Waals surface area contributed by atoms with Crippen LogP contribution < -0.4 is 14.2 Å². The highest BCUT2D eigenvalue weighted by Crippen LogP contribution is 2.28. The maximum absolute atomic E-state index is 13.7. The van der Waals surface area contributed by atoms with E-state index in [4.69, 9.17) is 18.6 Å². The van der Waals surface area contributed by atoms with Gasteiger partial charge in [0.1, 0.15) is 18.1 Å². The summed E-state index contributed by atoms with van der Waals surface area (Å²) in [4.78, 5) is 30.5. The molecule has 2 amide bonds. The van der Waals surface area contributed by atoms with E-state index in [0.29, 0.717) is 55.5 Å². The Hall–Kier alpha value is -3.94. The fraction of sp³-hybridized carbons (Fsp3) is 0.438.